The molecule has 5 rings (SSSR count). The van der Waals surface area contributed by atoms with Gasteiger partial charge < -0.3 is 5.73 Å². The molecule has 1 aromatic heterocycles. The van der Waals surface area contributed by atoms with Crippen LogP contribution in [0.3, 0.4) is 0 Å². The average molecular weight is 537 g/mol. The van der Waals surface area contributed by atoms with Crippen LogP contribution in [0, 0.1) is 11.8 Å². The van der Waals surface area contributed by atoms with Gasteiger partial charge in [0.15, 0.2) is 40.5 Å². The van der Waals surface area contributed by atoms with Gasteiger partial charge in [0, 0.05) is 52.0 Å². The van der Waals surface area contributed by atoms with Gasteiger partial charge in [-0.15, -0.1) is 0 Å². The fourth-order valence-corrected chi connectivity index (χ4v) is 4.81. The molecule has 0 spiro atoms. The molecule has 0 fully saturated rings. The molecular weight excluding hydrogens is 516 g/mol. The van der Waals surface area contributed by atoms with E-state index >= 15 is 0 Å². The molecule has 2 aliphatic carbocycles. The molecule has 2 aliphatic rings. The maximum absolute atomic E-state index is 13.3. The van der Waals surface area contributed by atoms with Gasteiger partial charge in [-0.25, -0.2) is 0 Å². The van der Waals surface area contributed by atoms with Gasteiger partial charge in [0.1, 0.15) is 18.4 Å². The normalized spacial score (nSPS) is 18.1. The van der Waals surface area contributed by atoms with Crippen molar-refractivity contribution in [1.29, 1.82) is 0 Å². The highest BCUT2D eigenvalue weighted by atomic mass is 16.2. The molecule has 3 aromatic rings. The number of fused-ring (bicyclic) bond motifs is 2. The summed E-state index contributed by atoms with van der Waals surface area (Å²) in [4.78, 5) is 93.9. The molecule has 11 nitrogen and oxygen atoms in total. The van der Waals surface area contributed by atoms with E-state index in [2.05, 4.69) is 10.1 Å². The minimum Gasteiger partial charge on any atom is -0.405 e. The van der Waals surface area contributed by atoms with E-state index < -0.39 is 52.3 Å². The van der Waals surface area contributed by atoms with Gasteiger partial charge in [-0.05, 0) is 42.6 Å². The Labute approximate surface area is 226 Å². The topological polar surface area (TPSA) is 176 Å². The molecule has 40 heavy (non-hydrogen) atoms. The maximum atomic E-state index is 13.3. The van der Waals surface area contributed by atoms with Crippen molar-refractivity contribution in [3.05, 3.63) is 101 Å². The highest BCUT2D eigenvalue weighted by Crippen LogP contribution is 2.32. The van der Waals surface area contributed by atoms with Crippen molar-refractivity contribution in [3.63, 3.8) is 0 Å². The molecule has 2 atom stereocenters. The molecule has 0 amide bonds. The number of hydrogen-bond donors (Lipinski definition) is 1. The lowest BCUT2D eigenvalue weighted by molar-refractivity contribution is -0.121. The van der Waals surface area contributed by atoms with Gasteiger partial charge in [0.25, 0.3) is 0 Å². The lowest BCUT2D eigenvalue weighted by Gasteiger charge is -2.06. The Morgan fingerprint density at radius 1 is 0.825 bits per heavy atom. The summed E-state index contributed by atoms with van der Waals surface area (Å²) < 4.78 is 1.31. The van der Waals surface area contributed by atoms with Crippen molar-refractivity contribution in [1.82, 2.24) is 9.78 Å². The number of nitrogens with two attached hydrogens (primary N) is 1. The third-order valence-electron chi connectivity index (χ3n) is 6.74. The molecule has 2 aromatic carbocycles. The lowest BCUT2D eigenvalue weighted by atomic mass is 9.96. The molecule has 0 bridgehead atoms. The number of nitrogens with zero attached hydrogens (tertiary/aromatic N) is 3. The molecule has 0 radical (unpaired) electrons. The van der Waals surface area contributed by atoms with Crippen LogP contribution >= 0.6 is 0 Å². The molecule has 0 saturated heterocycles. The molecule has 2 unspecified atom stereocenters. The molecule has 2 N–H and O–H groups in total. The number of aromatic nitrogens is 2. The van der Waals surface area contributed by atoms with E-state index in [-0.39, 0.29) is 46.5 Å². The number of hydrogen-bond acceptors (Lipinski definition) is 10. The zero-order chi connectivity index (χ0) is 28.6. The number of benzene rings is 2. The Balaban J connectivity index is 1.37. The first-order valence-corrected chi connectivity index (χ1v) is 12.1. The SMILES string of the molecule is N/C=C\C=NCC(=O)C1C(=O)c2ccc(C(=O)c3ccc4c(c3)C(=O)C(C(=O)Cn3cccn3)C4=O)cc2C1=O. The highest BCUT2D eigenvalue weighted by molar-refractivity contribution is 6.37. The Morgan fingerprint density at radius 2 is 1.38 bits per heavy atom. The average Bonchev–Trinajstić information content (AvgIpc) is 3.62. The summed E-state index contributed by atoms with van der Waals surface area (Å²) in [7, 11) is 0. The summed E-state index contributed by atoms with van der Waals surface area (Å²) in [6.45, 7) is -0.642. The zero-order valence-electron chi connectivity index (χ0n) is 20.8. The Bertz CT molecular complexity index is 1700. The van der Waals surface area contributed by atoms with E-state index in [0.29, 0.717) is 0 Å². The summed E-state index contributed by atoms with van der Waals surface area (Å²) in [5.41, 5.74) is 5.25. The molecule has 11 heteroatoms. The van der Waals surface area contributed by atoms with Crippen molar-refractivity contribution in [2.24, 2.45) is 22.6 Å². The van der Waals surface area contributed by atoms with Crippen molar-refractivity contribution < 1.29 is 33.6 Å². The molecule has 198 valence electrons. The van der Waals surface area contributed by atoms with E-state index in [0.717, 1.165) is 0 Å². The van der Waals surface area contributed by atoms with Crippen LogP contribution in [-0.4, -0.2) is 63.0 Å². The number of aliphatic imine (C=N–C) groups is 1. The van der Waals surface area contributed by atoms with Gasteiger partial charge in [-0.2, -0.15) is 5.10 Å². The van der Waals surface area contributed by atoms with Crippen LogP contribution < -0.4 is 5.73 Å². The Morgan fingerprint density at radius 3 is 1.90 bits per heavy atom. The maximum Gasteiger partial charge on any atom is 0.193 e. The first-order valence-electron chi connectivity index (χ1n) is 12.1. The number of allylic oxidation sites excluding steroid dienone is 1. The third-order valence-corrected chi connectivity index (χ3v) is 6.74. The predicted molar refractivity (Wildman–Crippen MR) is 140 cm³/mol. The number of carbonyl (C=O) groups excluding carboxylic acids is 7. The van der Waals surface area contributed by atoms with Crippen LogP contribution in [0.5, 0.6) is 0 Å². The fraction of sp³-hybridized carbons (Fsp3) is 0.138. The van der Waals surface area contributed by atoms with Gasteiger partial charge >= 0.3 is 0 Å². The van der Waals surface area contributed by atoms with Crippen LogP contribution in [0.15, 0.2) is 72.1 Å². The second-order valence-corrected chi connectivity index (χ2v) is 9.18. The van der Waals surface area contributed by atoms with Gasteiger partial charge in [0.05, 0.1) is 6.54 Å². The second kappa shape index (κ2) is 10.4. The van der Waals surface area contributed by atoms with Crippen molar-refractivity contribution in [2.45, 2.75) is 6.54 Å². The summed E-state index contributed by atoms with van der Waals surface area (Å²) in [6.07, 6.45) is 6.88. The largest absolute Gasteiger partial charge is 0.405 e. The number of rotatable bonds is 9. The summed E-state index contributed by atoms with van der Waals surface area (Å²) in [6, 6.07) is 9.42. The van der Waals surface area contributed by atoms with Gasteiger partial charge in [-0.1, -0.05) is 12.1 Å². The van der Waals surface area contributed by atoms with Crippen LogP contribution in [0.1, 0.15) is 57.4 Å². The Kier molecular flexibility index (Phi) is 6.78. The van der Waals surface area contributed by atoms with E-state index in [1.54, 1.807) is 6.07 Å². The first-order chi connectivity index (χ1) is 19.2. The monoisotopic (exact) mass is 536 g/mol. The number of Topliss-reactive ketones (excluding diaryl/α,β-unsaturated/α-hetero) is 6. The minimum atomic E-state index is -1.54. The number of carbonyl (C=O) groups is 7. The van der Waals surface area contributed by atoms with E-state index in [4.69, 9.17) is 5.73 Å². The minimum absolute atomic E-state index is 0.0268. The van der Waals surface area contributed by atoms with Crippen molar-refractivity contribution in [2.75, 3.05) is 6.54 Å². The standard InChI is InChI=1S/C29H20N4O7/c30-7-1-8-31-13-21(34)23-26(37)17-5-3-15(11-19(17)28(23)39)25(36)16-4-6-18-20(12-16)29(40)24(27(18)38)22(35)14-33-10-2-9-32-33/h1-12,23-24H,13-14,30H2/b7-1-,31-8?. The summed E-state index contributed by atoms with van der Waals surface area (Å²) in [5.74, 6) is -7.67. The fourth-order valence-electron chi connectivity index (χ4n) is 4.81. The lowest BCUT2D eigenvalue weighted by Crippen LogP contribution is -2.29. The molecule has 1 heterocycles. The molecule has 0 saturated carbocycles. The van der Waals surface area contributed by atoms with Crippen molar-refractivity contribution in [3.8, 4) is 0 Å². The van der Waals surface area contributed by atoms with Crippen LogP contribution in [0.2, 0.25) is 0 Å². The second-order valence-electron chi connectivity index (χ2n) is 9.18. The van der Waals surface area contributed by atoms with Crippen LogP contribution in [0.4, 0.5) is 0 Å². The van der Waals surface area contributed by atoms with E-state index in [1.807, 2.05) is 0 Å². The first kappa shape index (κ1) is 26.2. The summed E-state index contributed by atoms with van der Waals surface area (Å²) in [5, 5.41) is 3.92. The number of ketones is 7. The van der Waals surface area contributed by atoms with Crippen LogP contribution in [0.25, 0.3) is 0 Å². The van der Waals surface area contributed by atoms with E-state index in [1.165, 1.54) is 72.0 Å². The zero-order valence-corrected chi connectivity index (χ0v) is 20.8. The summed E-state index contributed by atoms with van der Waals surface area (Å²) >= 11 is 0. The predicted octanol–water partition coefficient (Wildman–Crippen LogP) is 1.49. The molecule has 0 aliphatic heterocycles. The van der Waals surface area contributed by atoms with Gasteiger partial charge in [0.2, 0.25) is 0 Å². The van der Waals surface area contributed by atoms with Crippen LogP contribution in [-0.2, 0) is 16.1 Å². The third kappa shape index (κ3) is 4.43. The van der Waals surface area contributed by atoms with Gasteiger partial charge in [-0.3, -0.25) is 43.2 Å². The quantitative estimate of drug-likeness (QED) is 0.241. The Hall–Kier alpha value is -5.45. The molecular formula is C29H20N4O7. The smallest absolute Gasteiger partial charge is 0.193 e. The van der Waals surface area contributed by atoms with Crippen molar-refractivity contribution >= 4 is 46.7 Å². The highest BCUT2D eigenvalue weighted by Gasteiger charge is 2.44. The van der Waals surface area contributed by atoms with E-state index in [9.17, 15) is 33.6 Å².